The Morgan fingerprint density at radius 2 is 1.88 bits per heavy atom. The molecular weight excluding hydrogens is 434 g/mol. The number of hydrogen-bond donors (Lipinski definition) is 1. The van der Waals surface area contributed by atoms with Gasteiger partial charge in [-0.1, -0.05) is 19.1 Å². The van der Waals surface area contributed by atoms with Gasteiger partial charge in [0.15, 0.2) is 0 Å². The maximum Gasteiger partial charge on any atom is 0.308 e. The van der Waals surface area contributed by atoms with Gasteiger partial charge in [0, 0.05) is 24.2 Å². The molecule has 0 radical (unpaired) electrons. The van der Waals surface area contributed by atoms with E-state index in [0.29, 0.717) is 18.0 Å². The molecule has 0 aromatic heterocycles. The van der Waals surface area contributed by atoms with E-state index in [0.717, 1.165) is 36.1 Å². The molecule has 8 nitrogen and oxygen atoms in total. The highest BCUT2D eigenvalue weighted by molar-refractivity contribution is 6.25. The third-order valence-corrected chi connectivity index (χ3v) is 7.82. The average molecular weight is 460 g/mol. The fourth-order valence-electron chi connectivity index (χ4n) is 6.55. The third kappa shape index (κ3) is 2.57. The van der Waals surface area contributed by atoms with Crippen LogP contribution in [0.4, 0.5) is 11.4 Å². The Bertz CT molecular complexity index is 1260. The second-order valence-corrected chi connectivity index (χ2v) is 9.46. The first-order valence-corrected chi connectivity index (χ1v) is 11.8. The van der Waals surface area contributed by atoms with Crippen molar-refractivity contribution in [3.8, 4) is 5.75 Å². The number of anilines is 2. The number of esters is 1. The van der Waals surface area contributed by atoms with E-state index >= 15 is 0 Å². The lowest BCUT2D eigenvalue weighted by Gasteiger charge is -2.36. The van der Waals surface area contributed by atoms with Crippen molar-refractivity contribution in [2.45, 2.75) is 44.7 Å². The fraction of sp³-hybridized carbons (Fsp3) is 0.385. The molecular formula is C26H25N3O5. The lowest BCUT2D eigenvalue weighted by Crippen LogP contribution is -2.54. The van der Waals surface area contributed by atoms with E-state index in [1.165, 1.54) is 11.8 Å². The topological polar surface area (TPSA) is 96.0 Å². The van der Waals surface area contributed by atoms with Gasteiger partial charge in [-0.15, -0.1) is 0 Å². The smallest absolute Gasteiger partial charge is 0.308 e. The van der Waals surface area contributed by atoms with Gasteiger partial charge >= 0.3 is 5.97 Å². The molecule has 174 valence electrons. The minimum atomic E-state index is -1.18. The van der Waals surface area contributed by atoms with Crippen LogP contribution in [0, 0.1) is 11.8 Å². The Morgan fingerprint density at radius 1 is 1.12 bits per heavy atom. The molecule has 2 aromatic carbocycles. The van der Waals surface area contributed by atoms with Crippen molar-refractivity contribution in [3.63, 3.8) is 0 Å². The van der Waals surface area contributed by atoms with E-state index in [2.05, 4.69) is 17.1 Å². The summed E-state index contributed by atoms with van der Waals surface area (Å²) >= 11 is 0. The van der Waals surface area contributed by atoms with Gasteiger partial charge in [-0.05, 0) is 61.7 Å². The van der Waals surface area contributed by atoms with Crippen LogP contribution in [0.25, 0.3) is 0 Å². The van der Waals surface area contributed by atoms with Crippen LogP contribution in [0.2, 0.25) is 0 Å². The highest BCUT2D eigenvalue weighted by Crippen LogP contribution is 2.60. The van der Waals surface area contributed by atoms with Gasteiger partial charge in [-0.3, -0.25) is 24.1 Å². The molecule has 0 aliphatic carbocycles. The van der Waals surface area contributed by atoms with Gasteiger partial charge in [-0.2, -0.15) is 0 Å². The van der Waals surface area contributed by atoms with Crippen LogP contribution in [0.1, 0.15) is 37.8 Å². The Balaban J connectivity index is 1.47. The van der Waals surface area contributed by atoms with Crippen LogP contribution in [0.15, 0.2) is 42.5 Å². The lowest BCUT2D eigenvalue weighted by atomic mass is 9.75. The summed E-state index contributed by atoms with van der Waals surface area (Å²) in [6, 6.07) is 12.1. The van der Waals surface area contributed by atoms with Crippen molar-refractivity contribution >= 4 is 35.1 Å². The van der Waals surface area contributed by atoms with Crippen molar-refractivity contribution in [1.82, 2.24) is 4.90 Å². The number of rotatable bonds is 3. The molecule has 34 heavy (non-hydrogen) atoms. The van der Waals surface area contributed by atoms with Gasteiger partial charge in [0.2, 0.25) is 17.7 Å². The lowest BCUT2D eigenvalue weighted by molar-refractivity contribution is -0.135. The molecule has 1 spiro atoms. The Labute approximate surface area is 196 Å². The molecule has 8 heteroatoms. The number of carbonyl (C=O) groups excluding carboxylic acids is 4. The third-order valence-electron chi connectivity index (χ3n) is 7.82. The van der Waals surface area contributed by atoms with Crippen molar-refractivity contribution in [3.05, 3.63) is 53.6 Å². The zero-order chi connectivity index (χ0) is 23.8. The summed E-state index contributed by atoms with van der Waals surface area (Å²) in [5, 5.41) is 3.01. The SMILES string of the molecule is CCc1ccc2c(c1)[C@]1(C(=O)N2)[C@@H]2C(=O)N(c3ccc(OC(C)=O)cc3)C(=O)[C@@H]2[C@@H]2CCCN21. The van der Waals surface area contributed by atoms with E-state index in [1.54, 1.807) is 24.3 Å². The van der Waals surface area contributed by atoms with E-state index in [-0.39, 0.29) is 23.8 Å². The number of fused-ring (bicyclic) bond motifs is 7. The number of aryl methyl sites for hydroxylation is 1. The molecule has 6 rings (SSSR count). The number of ether oxygens (including phenoxy) is 1. The first-order valence-electron chi connectivity index (χ1n) is 11.8. The van der Waals surface area contributed by atoms with Gasteiger partial charge < -0.3 is 10.1 Å². The monoisotopic (exact) mass is 459 g/mol. The Kier molecular flexibility index (Phi) is 4.48. The molecule has 1 N–H and O–H groups in total. The standard InChI is InChI=1S/C26H25N3O5/c1-3-15-6-11-19-18(13-15)26(25(33)27-19)22-21(20-5-4-12-28(20)26)23(31)29(24(22)32)16-7-9-17(10-8-16)34-14(2)30/h6-11,13,20-22H,3-5,12H2,1-2H3,(H,27,33)/t20-,21+,22-,26+/m0/s1. The summed E-state index contributed by atoms with van der Waals surface area (Å²) in [6.07, 6.45) is 2.46. The van der Waals surface area contributed by atoms with Gasteiger partial charge in [0.25, 0.3) is 0 Å². The van der Waals surface area contributed by atoms with E-state index in [1.807, 2.05) is 18.2 Å². The minimum Gasteiger partial charge on any atom is -0.427 e. The van der Waals surface area contributed by atoms with Gasteiger partial charge in [-0.25, -0.2) is 4.90 Å². The number of hydrogen-bond acceptors (Lipinski definition) is 6. The molecule has 4 aliphatic heterocycles. The largest absolute Gasteiger partial charge is 0.427 e. The molecule has 4 atom stereocenters. The minimum absolute atomic E-state index is 0.159. The number of nitrogens with one attached hydrogen (secondary N) is 1. The Morgan fingerprint density at radius 3 is 2.59 bits per heavy atom. The summed E-state index contributed by atoms with van der Waals surface area (Å²) in [4.78, 5) is 56.0. The second-order valence-electron chi connectivity index (χ2n) is 9.46. The van der Waals surface area contributed by atoms with Crippen LogP contribution in [-0.4, -0.2) is 41.2 Å². The van der Waals surface area contributed by atoms with Crippen LogP contribution in [0.3, 0.4) is 0 Å². The summed E-state index contributed by atoms with van der Waals surface area (Å²) in [5.74, 6) is -2.31. The molecule has 4 aliphatic rings. The number of amides is 3. The van der Waals surface area contributed by atoms with Crippen LogP contribution < -0.4 is 15.0 Å². The molecule has 3 saturated heterocycles. The maximum absolute atomic E-state index is 14.0. The molecule has 4 heterocycles. The molecule has 3 fully saturated rings. The van der Waals surface area contributed by atoms with E-state index < -0.39 is 23.3 Å². The summed E-state index contributed by atoms with van der Waals surface area (Å²) in [6.45, 7) is 4.04. The van der Waals surface area contributed by atoms with Crippen molar-refractivity contribution in [2.75, 3.05) is 16.8 Å². The number of nitrogens with zero attached hydrogens (tertiary/aromatic N) is 2. The molecule has 0 saturated carbocycles. The molecule has 2 aromatic rings. The summed E-state index contributed by atoms with van der Waals surface area (Å²) in [5.41, 5.74) is 1.86. The molecule has 0 unspecified atom stereocenters. The quantitative estimate of drug-likeness (QED) is 0.431. The van der Waals surface area contributed by atoms with Gasteiger partial charge in [0.05, 0.1) is 17.5 Å². The normalized spacial score (nSPS) is 29.4. The number of carbonyl (C=O) groups is 4. The summed E-state index contributed by atoms with van der Waals surface area (Å²) in [7, 11) is 0. The first-order chi connectivity index (χ1) is 16.4. The number of imide groups is 1. The Hall–Kier alpha value is -3.52. The zero-order valence-electron chi connectivity index (χ0n) is 19.0. The maximum atomic E-state index is 14.0. The molecule has 0 bridgehead atoms. The molecule has 3 amide bonds. The predicted octanol–water partition coefficient (Wildman–Crippen LogP) is 2.61. The van der Waals surface area contributed by atoms with E-state index in [9.17, 15) is 19.2 Å². The second kappa shape index (κ2) is 7.24. The van der Waals surface area contributed by atoms with Crippen molar-refractivity contribution < 1.29 is 23.9 Å². The van der Waals surface area contributed by atoms with Gasteiger partial charge in [0.1, 0.15) is 11.3 Å². The zero-order valence-corrected chi connectivity index (χ0v) is 19.0. The number of benzene rings is 2. The van der Waals surface area contributed by atoms with Crippen LogP contribution in [0.5, 0.6) is 5.75 Å². The highest BCUT2D eigenvalue weighted by Gasteiger charge is 2.74. The average Bonchev–Trinajstić information content (AvgIpc) is 3.52. The van der Waals surface area contributed by atoms with Crippen molar-refractivity contribution in [1.29, 1.82) is 0 Å². The summed E-state index contributed by atoms with van der Waals surface area (Å²) < 4.78 is 5.08. The fourth-order valence-corrected chi connectivity index (χ4v) is 6.55. The first kappa shape index (κ1) is 21.0. The van der Waals surface area contributed by atoms with E-state index in [4.69, 9.17) is 4.74 Å². The van der Waals surface area contributed by atoms with Crippen molar-refractivity contribution in [2.24, 2.45) is 11.8 Å². The van der Waals surface area contributed by atoms with Crippen LogP contribution >= 0.6 is 0 Å². The predicted molar refractivity (Wildman–Crippen MR) is 123 cm³/mol. The van der Waals surface area contributed by atoms with Crippen LogP contribution in [-0.2, 0) is 31.1 Å². The highest BCUT2D eigenvalue weighted by atomic mass is 16.5.